The van der Waals surface area contributed by atoms with Gasteiger partial charge in [-0.3, -0.25) is 0 Å². The summed E-state index contributed by atoms with van der Waals surface area (Å²) in [6, 6.07) is 7.96. The molecule has 2 aliphatic rings. The van der Waals surface area contributed by atoms with Crippen LogP contribution in [0.25, 0.3) is 0 Å². The summed E-state index contributed by atoms with van der Waals surface area (Å²) < 4.78 is 13.2. The van der Waals surface area contributed by atoms with Gasteiger partial charge in [0.2, 0.25) is 0 Å². The first kappa shape index (κ1) is 20.0. The van der Waals surface area contributed by atoms with Crippen LogP contribution in [0.2, 0.25) is 0 Å². The van der Waals surface area contributed by atoms with Crippen molar-refractivity contribution in [3.8, 4) is 0 Å². The van der Waals surface area contributed by atoms with E-state index in [2.05, 4.69) is 13.0 Å². The molecule has 0 aliphatic heterocycles. The number of hydrogen-bond donors (Lipinski definition) is 0. The SMILES string of the molecule is CC1CCC(C2CCC(CCc3cc[c-]c(F)c3)CC2)CC1.[Yb]. The van der Waals surface area contributed by atoms with Crippen LogP contribution in [0.5, 0.6) is 0 Å². The molecule has 2 fully saturated rings. The van der Waals surface area contributed by atoms with Gasteiger partial charge < -0.3 is 0 Å². The van der Waals surface area contributed by atoms with Crippen molar-refractivity contribution in [1.82, 2.24) is 0 Å². The summed E-state index contributed by atoms with van der Waals surface area (Å²) in [6.07, 6.45) is 13.8. The molecule has 0 heterocycles. The van der Waals surface area contributed by atoms with Crippen molar-refractivity contribution in [1.29, 1.82) is 0 Å². The van der Waals surface area contributed by atoms with E-state index in [1.54, 1.807) is 12.1 Å². The molecular formula is C21H30FYb-. The second kappa shape index (κ2) is 9.97. The van der Waals surface area contributed by atoms with E-state index in [0.717, 1.165) is 35.7 Å². The Balaban J connectivity index is 0.00000192. The van der Waals surface area contributed by atoms with Crippen LogP contribution in [-0.2, 0) is 6.42 Å². The summed E-state index contributed by atoms with van der Waals surface area (Å²) in [6.45, 7) is 2.41. The second-order valence-corrected chi connectivity index (χ2v) is 7.88. The molecule has 0 aromatic heterocycles. The predicted molar refractivity (Wildman–Crippen MR) is 90.1 cm³/mol. The molecule has 0 radical (unpaired) electrons. The zero-order valence-corrected chi connectivity index (χ0v) is 16.0. The van der Waals surface area contributed by atoms with Gasteiger partial charge in [0.15, 0.2) is 0 Å². The van der Waals surface area contributed by atoms with E-state index in [-0.39, 0.29) is 52.7 Å². The molecule has 0 spiro atoms. The van der Waals surface area contributed by atoms with Gasteiger partial charge in [-0.15, -0.1) is 12.1 Å². The Bertz CT molecular complexity index is 457. The normalized spacial score (nSPS) is 31.4. The average Bonchev–Trinajstić information content (AvgIpc) is 2.54. The molecule has 0 nitrogen and oxygen atoms in total. The van der Waals surface area contributed by atoms with Gasteiger partial charge in [-0.25, -0.2) is 4.39 Å². The summed E-state index contributed by atoms with van der Waals surface area (Å²) in [5.74, 6) is 3.65. The van der Waals surface area contributed by atoms with Gasteiger partial charge in [-0.05, 0) is 55.8 Å². The summed E-state index contributed by atoms with van der Waals surface area (Å²) in [7, 11) is 0. The molecule has 23 heavy (non-hydrogen) atoms. The van der Waals surface area contributed by atoms with Gasteiger partial charge in [0.1, 0.15) is 0 Å². The molecule has 2 heteroatoms. The molecule has 0 amide bonds. The summed E-state index contributed by atoms with van der Waals surface area (Å²) in [5, 5.41) is 0. The third-order valence-electron chi connectivity index (χ3n) is 6.29. The van der Waals surface area contributed by atoms with E-state index in [4.69, 9.17) is 0 Å². The molecule has 2 aliphatic carbocycles. The molecule has 3 rings (SSSR count). The molecule has 0 unspecified atom stereocenters. The van der Waals surface area contributed by atoms with Gasteiger partial charge in [0.05, 0.1) is 0 Å². The minimum Gasteiger partial charge on any atom is -0.236 e. The van der Waals surface area contributed by atoms with Crippen LogP contribution in [-0.4, -0.2) is 0 Å². The molecule has 136 valence electrons. The van der Waals surface area contributed by atoms with Gasteiger partial charge in [-0.2, -0.15) is 17.7 Å². The third-order valence-corrected chi connectivity index (χ3v) is 6.29. The average molecular weight is 475 g/mol. The first-order valence-electron chi connectivity index (χ1n) is 9.37. The fourth-order valence-corrected chi connectivity index (χ4v) is 4.71. The van der Waals surface area contributed by atoms with Crippen LogP contribution < -0.4 is 0 Å². The van der Waals surface area contributed by atoms with Gasteiger partial charge in [-0.1, -0.05) is 39.0 Å². The Hall–Kier alpha value is 0.669. The number of hydrogen-bond acceptors (Lipinski definition) is 0. The summed E-state index contributed by atoms with van der Waals surface area (Å²) in [4.78, 5) is 0. The van der Waals surface area contributed by atoms with Crippen LogP contribution in [0, 0.1) is 82.5 Å². The zero-order valence-electron chi connectivity index (χ0n) is 14.3. The fraction of sp³-hybridized carbons (Fsp3) is 0.714. The zero-order chi connectivity index (χ0) is 15.4. The maximum atomic E-state index is 13.2. The third kappa shape index (κ3) is 6.15. The molecular weight excluding hydrogens is 444 g/mol. The number of halogens is 1. The quantitative estimate of drug-likeness (QED) is 0.457. The fourth-order valence-electron chi connectivity index (χ4n) is 4.71. The first-order valence-corrected chi connectivity index (χ1v) is 9.37. The van der Waals surface area contributed by atoms with Crippen molar-refractivity contribution in [2.75, 3.05) is 0 Å². The Morgan fingerprint density at radius 1 is 1.00 bits per heavy atom. The monoisotopic (exact) mass is 475 g/mol. The van der Waals surface area contributed by atoms with Crippen LogP contribution in [0.1, 0.15) is 70.3 Å². The van der Waals surface area contributed by atoms with Gasteiger partial charge in [0.25, 0.3) is 0 Å². The summed E-state index contributed by atoms with van der Waals surface area (Å²) >= 11 is 0. The Morgan fingerprint density at radius 3 is 2.22 bits per heavy atom. The molecule has 1 aromatic rings. The van der Waals surface area contributed by atoms with Crippen molar-refractivity contribution in [2.45, 2.75) is 71.1 Å². The smallest absolute Gasteiger partial charge is 0.0111 e. The number of rotatable bonds is 4. The van der Waals surface area contributed by atoms with Crippen molar-refractivity contribution in [3.05, 3.63) is 35.6 Å². The largest absolute Gasteiger partial charge is 0.236 e. The van der Waals surface area contributed by atoms with E-state index >= 15 is 0 Å². The molecule has 0 bridgehead atoms. The first-order chi connectivity index (χ1) is 10.7. The van der Waals surface area contributed by atoms with E-state index in [0.29, 0.717) is 0 Å². The number of aryl methyl sites for hydroxylation is 1. The van der Waals surface area contributed by atoms with Crippen molar-refractivity contribution in [2.24, 2.45) is 23.7 Å². The van der Waals surface area contributed by atoms with Crippen molar-refractivity contribution in [3.63, 3.8) is 0 Å². The molecule has 1 aromatic carbocycles. The number of benzene rings is 1. The maximum Gasteiger partial charge on any atom is 0.0111 e. The van der Waals surface area contributed by atoms with Gasteiger partial charge >= 0.3 is 0 Å². The van der Waals surface area contributed by atoms with E-state index < -0.39 is 0 Å². The predicted octanol–water partition coefficient (Wildman–Crippen LogP) is 6.19. The standard InChI is InChI=1S/C21H30F.Yb/c1-16-5-11-19(12-6-16)20-13-9-17(10-14-20)7-8-18-3-2-4-21(22)15-18;/h2-3,15-17,19-20H,5-14H2,1H3;/q-1;. The minimum atomic E-state index is -0.215. The van der Waals surface area contributed by atoms with Gasteiger partial charge in [0, 0.05) is 52.7 Å². The molecule has 0 N–H and O–H groups in total. The van der Waals surface area contributed by atoms with E-state index in [9.17, 15) is 4.39 Å². The van der Waals surface area contributed by atoms with Crippen LogP contribution >= 0.6 is 0 Å². The molecule has 0 atom stereocenters. The van der Waals surface area contributed by atoms with Crippen molar-refractivity contribution < 1.29 is 51.3 Å². The topological polar surface area (TPSA) is 0 Å². The van der Waals surface area contributed by atoms with Crippen molar-refractivity contribution >= 4 is 0 Å². The second-order valence-electron chi connectivity index (χ2n) is 7.88. The molecule has 2 saturated carbocycles. The van der Waals surface area contributed by atoms with Crippen LogP contribution in [0.4, 0.5) is 4.39 Å². The van der Waals surface area contributed by atoms with E-state index in [1.807, 2.05) is 6.07 Å². The van der Waals surface area contributed by atoms with E-state index in [1.165, 1.54) is 57.8 Å². The van der Waals surface area contributed by atoms with Crippen LogP contribution in [0.3, 0.4) is 0 Å². The summed E-state index contributed by atoms with van der Waals surface area (Å²) in [5.41, 5.74) is 1.14. The molecule has 0 saturated heterocycles. The Kier molecular flexibility index (Phi) is 8.67. The Morgan fingerprint density at radius 2 is 1.61 bits per heavy atom. The Labute approximate surface area is 180 Å². The minimum absolute atomic E-state index is 0. The maximum absolute atomic E-state index is 13.2. The van der Waals surface area contributed by atoms with Crippen LogP contribution in [0.15, 0.2) is 18.2 Å².